The molecule has 3 aromatic rings. The first kappa shape index (κ1) is 26.5. The fourth-order valence-electron chi connectivity index (χ4n) is 3.85. The molecule has 0 aliphatic rings. The van der Waals surface area contributed by atoms with Crippen molar-refractivity contribution in [3.8, 4) is 0 Å². The van der Waals surface area contributed by atoms with Gasteiger partial charge in [0.25, 0.3) is 0 Å². The largest absolute Gasteiger partial charge is 0.352 e. The summed E-state index contributed by atoms with van der Waals surface area (Å²) in [7, 11) is 0. The van der Waals surface area contributed by atoms with Crippen LogP contribution in [-0.2, 0) is 28.3 Å². The number of nitrogens with zero attached hydrogens (tertiary/aromatic N) is 1. The van der Waals surface area contributed by atoms with Crippen LogP contribution in [0.5, 0.6) is 0 Å². The third-order valence-corrected chi connectivity index (χ3v) is 6.71. The molecule has 184 valence electrons. The van der Waals surface area contributed by atoms with Gasteiger partial charge in [-0.3, -0.25) is 9.59 Å². The van der Waals surface area contributed by atoms with E-state index in [2.05, 4.69) is 5.32 Å². The summed E-state index contributed by atoms with van der Waals surface area (Å²) in [5.41, 5.74) is 3.61. The zero-order chi connectivity index (χ0) is 25.2. The van der Waals surface area contributed by atoms with Gasteiger partial charge < -0.3 is 10.2 Å². The number of carbonyl (C=O) groups excluding carboxylic acids is 2. The second-order valence-corrected chi connectivity index (χ2v) is 9.89. The molecule has 0 saturated heterocycles. The molecule has 35 heavy (non-hydrogen) atoms. The lowest BCUT2D eigenvalue weighted by Gasteiger charge is -2.32. The summed E-state index contributed by atoms with van der Waals surface area (Å²) in [6, 6.07) is 23.5. The number of rotatable bonds is 11. The number of hydrogen-bond acceptors (Lipinski definition) is 3. The topological polar surface area (TPSA) is 49.4 Å². The smallest absolute Gasteiger partial charge is 0.243 e. The standard InChI is InChI=1S/C29H33FN2O2S/c1-21(2)31-29(34)27(17-23-12-5-4-6-13-23)32(18-24-14-8-7-11-22(24)3)28(33)20-35-19-25-15-9-10-16-26(25)30/h4-16,21,27H,17-20H2,1-3H3,(H,31,34)/t27-/m1/s1. The maximum atomic E-state index is 14.0. The van der Waals surface area contributed by atoms with Gasteiger partial charge in [0, 0.05) is 24.8 Å². The fourth-order valence-corrected chi connectivity index (χ4v) is 4.75. The van der Waals surface area contributed by atoms with Crippen molar-refractivity contribution >= 4 is 23.6 Å². The van der Waals surface area contributed by atoms with E-state index in [-0.39, 0.29) is 29.4 Å². The molecule has 0 unspecified atom stereocenters. The molecular weight excluding hydrogens is 459 g/mol. The van der Waals surface area contributed by atoms with Gasteiger partial charge in [-0.05, 0) is 49.1 Å². The number of halogens is 1. The number of benzene rings is 3. The van der Waals surface area contributed by atoms with E-state index < -0.39 is 6.04 Å². The molecule has 0 spiro atoms. The average molecular weight is 493 g/mol. The maximum absolute atomic E-state index is 14.0. The Kier molecular flexibility index (Phi) is 9.91. The highest BCUT2D eigenvalue weighted by Gasteiger charge is 2.30. The molecule has 2 amide bonds. The average Bonchev–Trinajstić information content (AvgIpc) is 2.83. The first-order valence-corrected chi connectivity index (χ1v) is 13.0. The van der Waals surface area contributed by atoms with E-state index >= 15 is 0 Å². The number of amides is 2. The Bertz CT molecular complexity index is 1120. The quantitative estimate of drug-likeness (QED) is 0.383. The Balaban J connectivity index is 1.86. The summed E-state index contributed by atoms with van der Waals surface area (Å²) in [5, 5.41) is 3.00. The number of nitrogens with one attached hydrogen (secondary N) is 1. The highest BCUT2D eigenvalue weighted by atomic mass is 32.2. The van der Waals surface area contributed by atoms with E-state index in [4.69, 9.17) is 0 Å². The monoisotopic (exact) mass is 492 g/mol. The molecule has 0 aliphatic heterocycles. The maximum Gasteiger partial charge on any atom is 0.243 e. The summed E-state index contributed by atoms with van der Waals surface area (Å²) in [6.07, 6.45) is 0.412. The Hall–Kier alpha value is -3.12. The van der Waals surface area contributed by atoms with Crippen LogP contribution >= 0.6 is 11.8 Å². The molecule has 0 radical (unpaired) electrons. The SMILES string of the molecule is Cc1ccccc1CN(C(=O)CSCc1ccccc1F)[C@H](Cc1ccccc1)C(=O)NC(C)C. The van der Waals surface area contributed by atoms with Crippen LogP contribution in [0.1, 0.15) is 36.1 Å². The molecule has 0 aliphatic carbocycles. The van der Waals surface area contributed by atoms with E-state index in [1.54, 1.807) is 23.1 Å². The lowest BCUT2D eigenvalue weighted by molar-refractivity contribution is -0.139. The van der Waals surface area contributed by atoms with Crippen LogP contribution < -0.4 is 5.32 Å². The third kappa shape index (κ3) is 7.96. The van der Waals surface area contributed by atoms with Gasteiger partial charge in [0.2, 0.25) is 11.8 Å². The summed E-state index contributed by atoms with van der Waals surface area (Å²) in [5.74, 6) is -0.0553. The van der Waals surface area contributed by atoms with Crippen molar-refractivity contribution in [1.29, 1.82) is 0 Å². The molecule has 0 bridgehead atoms. The van der Waals surface area contributed by atoms with E-state index in [9.17, 15) is 14.0 Å². The van der Waals surface area contributed by atoms with Gasteiger partial charge in [-0.2, -0.15) is 0 Å². The minimum Gasteiger partial charge on any atom is -0.352 e. The number of thioether (sulfide) groups is 1. The first-order chi connectivity index (χ1) is 16.8. The van der Waals surface area contributed by atoms with Crippen molar-refractivity contribution in [1.82, 2.24) is 10.2 Å². The van der Waals surface area contributed by atoms with Crippen molar-refractivity contribution in [2.75, 3.05) is 5.75 Å². The van der Waals surface area contributed by atoms with Crippen molar-refractivity contribution in [2.45, 2.75) is 51.6 Å². The normalized spacial score (nSPS) is 11.8. The van der Waals surface area contributed by atoms with Gasteiger partial charge in [0.15, 0.2) is 0 Å². The molecule has 3 aromatic carbocycles. The zero-order valence-electron chi connectivity index (χ0n) is 20.5. The molecule has 1 N–H and O–H groups in total. The van der Waals surface area contributed by atoms with Gasteiger partial charge in [0.1, 0.15) is 11.9 Å². The molecule has 0 saturated carbocycles. The Labute approximate surface area is 211 Å². The zero-order valence-corrected chi connectivity index (χ0v) is 21.4. The summed E-state index contributed by atoms with van der Waals surface area (Å²) < 4.78 is 14.0. The first-order valence-electron chi connectivity index (χ1n) is 11.8. The lowest BCUT2D eigenvalue weighted by atomic mass is 10.0. The molecule has 0 fully saturated rings. The van der Waals surface area contributed by atoms with Crippen molar-refractivity contribution in [2.24, 2.45) is 0 Å². The van der Waals surface area contributed by atoms with E-state index in [0.717, 1.165) is 16.7 Å². The van der Waals surface area contributed by atoms with E-state index in [0.29, 0.717) is 24.3 Å². The van der Waals surface area contributed by atoms with Gasteiger partial charge in [-0.1, -0.05) is 72.8 Å². The second-order valence-electron chi connectivity index (χ2n) is 8.90. The summed E-state index contributed by atoms with van der Waals surface area (Å²) >= 11 is 1.36. The van der Waals surface area contributed by atoms with Crippen molar-refractivity contribution in [3.05, 3.63) is 107 Å². The molecule has 0 aromatic heterocycles. The number of aryl methyl sites for hydroxylation is 1. The van der Waals surface area contributed by atoms with Crippen molar-refractivity contribution in [3.63, 3.8) is 0 Å². The van der Waals surface area contributed by atoms with Crippen LogP contribution in [0.3, 0.4) is 0 Å². The highest BCUT2D eigenvalue weighted by Crippen LogP contribution is 2.20. The summed E-state index contributed by atoms with van der Waals surface area (Å²) in [6.45, 7) is 6.16. The van der Waals surface area contributed by atoms with Crippen LogP contribution in [0, 0.1) is 12.7 Å². The molecular formula is C29H33FN2O2S. The molecule has 1 atom stereocenters. The minimum atomic E-state index is -0.666. The highest BCUT2D eigenvalue weighted by molar-refractivity contribution is 7.99. The molecule has 3 rings (SSSR count). The van der Waals surface area contributed by atoms with E-state index in [1.807, 2.05) is 75.4 Å². The molecule has 6 heteroatoms. The molecule has 0 heterocycles. The van der Waals surface area contributed by atoms with Gasteiger partial charge in [-0.15, -0.1) is 11.8 Å². The third-order valence-electron chi connectivity index (χ3n) is 5.74. The van der Waals surface area contributed by atoms with Gasteiger partial charge >= 0.3 is 0 Å². The second kappa shape index (κ2) is 13.1. The Morgan fingerprint density at radius 2 is 1.54 bits per heavy atom. The predicted molar refractivity (Wildman–Crippen MR) is 142 cm³/mol. The summed E-state index contributed by atoms with van der Waals surface area (Å²) in [4.78, 5) is 28.6. The van der Waals surface area contributed by atoms with Crippen LogP contribution in [0.25, 0.3) is 0 Å². The fraction of sp³-hybridized carbons (Fsp3) is 0.310. The van der Waals surface area contributed by atoms with Crippen LogP contribution in [0.15, 0.2) is 78.9 Å². The van der Waals surface area contributed by atoms with Crippen LogP contribution in [-0.4, -0.2) is 34.6 Å². The lowest BCUT2D eigenvalue weighted by Crippen LogP contribution is -2.52. The number of hydrogen-bond donors (Lipinski definition) is 1. The Morgan fingerprint density at radius 3 is 2.20 bits per heavy atom. The Morgan fingerprint density at radius 1 is 0.914 bits per heavy atom. The van der Waals surface area contributed by atoms with Gasteiger partial charge in [0.05, 0.1) is 5.75 Å². The van der Waals surface area contributed by atoms with Gasteiger partial charge in [-0.25, -0.2) is 4.39 Å². The van der Waals surface area contributed by atoms with Crippen molar-refractivity contribution < 1.29 is 14.0 Å². The van der Waals surface area contributed by atoms with E-state index in [1.165, 1.54) is 17.8 Å². The molecule has 4 nitrogen and oxygen atoms in total. The number of carbonyl (C=O) groups is 2. The minimum absolute atomic E-state index is 0.0494. The predicted octanol–water partition coefficient (Wildman–Crippen LogP) is 5.53. The van der Waals surface area contributed by atoms with Crippen LogP contribution in [0.2, 0.25) is 0 Å². The van der Waals surface area contributed by atoms with Crippen LogP contribution in [0.4, 0.5) is 4.39 Å².